The van der Waals surface area contributed by atoms with Crippen LogP contribution in [-0.2, 0) is 14.3 Å². The average molecular weight is 377 g/mol. The molecule has 138 valence electrons. The van der Waals surface area contributed by atoms with Gasteiger partial charge in [0.15, 0.2) is 0 Å². The van der Waals surface area contributed by atoms with Gasteiger partial charge in [0.05, 0.1) is 0 Å². The molecular formula is C7HF12O4-. The molecule has 0 fully saturated rings. The summed E-state index contributed by atoms with van der Waals surface area (Å²) < 4.78 is 150. The Morgan fingerprint density at radius 1 is 0.826 bits per heavy atom. The first-order valence-electron chi connectivity index (χ1n) is 4.59. The van der Waals surface area contributed by atoms with Crippen molar-refractivity contribution < 1.29 is 72.1 Å². The largest absolute Gasteiger partial charge is 0.544 e. The van der Waals surface area contributed by atoms with Gasteiger partial charge in [0.1, 0.15) is 5.97 Å². The second-order valence-electron chi connectivity index (χ2n) is 3.50. The third-order valence-electron chi connectivity index (χ3n) is 1.78. The molecule has 1 atom stereocenters. The van der Waals surface area contributed by atoms with Gasteiger partial charge < -0.3 is 9.90 Å². The molecule has 0 saturated heterocycles. The van der Waals surface area contributed by atoms with Gasteiger partial charge in [-0.1, -0.05) is 0 Å². The van der Waals surface area contributed by atoms with Gasteiger partial charge in [-0.25, -0.2) is 9.13 Å². The van der Waals surface area contributed by atoms with E-state index in [1.165, 1.54) is 4.74 Å². The number of carbonyl (C=O) groups is 1. The summed E-state index contributed by atoms with van der Waals surface area (Å²) in [7, 11) is 0. The lowest BCUT2D eigenvalue weighted by Crippen LogP contribution is -2.60. The molecule has 1 unspecified atom stereocenters. The maximum atomic E-state index is 12.6. The van der Waals surface area contributed by atoms with Crippen molar-refractivity contribution in [3.8, 4) is 0 Å². The minimum Gasteiger partial charge on any atom is -0.544 e. The zero-order chi connectivity index (χ0) is 19.1. The molecule has 0 rings (SSSR count). The van der Waals surface area contributed by atoms with Crippen LogP contribution in [0.15, 0.2) is 0 Å². The Balaban J connectivity index is 5.51. The number of hydrogen-bond acceptors (Lipinski definition) is 4. The molecule has 16 heteroatoms. The van der Waals surface area contributed by atoms with Gasteiger partial charge in [0.25, 0.3) is 6.36 Å². The van der Waals surface area contributed by atoms with Crippen molar-refractivity contribution in [2.75, 3.05) is 0 Å². The number of rotatable bonds is 7. The van der Waals surface area contributed by atoms with Crippen LogP contribution in [0.25, 0.3) is 0 Å². The van der Waals surface area contributed by atoms with Gasteiger partial charge in [-0.15, -0.1) is 13.2 Å². The topological polar surface area (TPSA) is 58.6 Å². The van der Waals surface area contributed by atoms with E-state index in [0.717, 1.165) is 0 Å². The van der Waals surface area contributed by atoms with Crippen LogP contribution >= 0.6 is 0 Å². The highest BCUT2D eigenvalue weighted by atomic mass is 19.4. The lowest BCUT2D eigenvalue weighted by Gasteiger charge is -2.33. The fourth-order valence-electron chi connectivity index (χ4n) is 0.749. The normalized spacial score (nSPS) is 16.3. The van der Waals surface area contributed by atoms with E-state index in [0.29, 0.717) is 0 Å². The zero-order valence-corrected chi connectivity index (χ0v) is 9.75. The van der Waals surface area contributed by atoms with E-state index in [-0.39, 0.29) is 0 Å². The Morgan fingerprint density at radius 3 is 1.52 bits per heavy atom. The van der Waals surface area contributed by atoms with Crippen molar-refractivity contribution in [3.05, 3.63) is 0 Å². The predicted molar refractivity (Wildman–Crippen MR) is 37.9 cm³/mol. The Labute approximate surface area is 116 Å². The summed E-state index contributed by atoms with van der Waals surface area (Å²) in [5.41, 5.74) is 0. The van der Waals surface area contributed by atoms with Crippen molar-refractivity contribution in [2.45, 2.75) is 36.8 Å². The lowest BCUT2D eigenvalue weighted by atomic mass is 10.2. The molecular weight excluding hydrogens is 376 g/mol. The van der Waals surface area contributed by atoms with Gasteiger partial charge in [0, 0.05) is 0 Å². The zero-order valence-electron chi connectivity index (χ0n) is 9.75. The molecule has 0 bridgehead atoms. The van der Waals surface area contributed by atoms with Crippen molar-refractivity contribution in [1.29, 1.82) is 0 Å². The highest BCUT2D eigenvalue weighted by molar-refractivity contribution is 5.73. The van der Waals surface area contributed by atoms with Crippen LogP contribution in [0, 0.1) is 0 Å². The molecule has 0 saturated carbocycles. The number of carboxylic acid groups (broad SMARTS) is 1. The summed E-state index contributed by atoms with van der Waals surface area (Å²) in [5, 5.41) is 9.65. The molecule has 0 spiro atoms. The fourth-order valence-corrected chi connectivity index (χ4v) is 0.749. The van der Waals surface area contributed by atoms with E-state index < -0.39 is 42.8 Å². The molecule has 0 aromatic carbocycles. The van der Waals surface area contributed by atoms with E-state index in [9.17, 15) is 62.6 Å². The van der Waals surface area contributed by atoms with Crippen molar-refractivity contribution in [1.82, 2.24) is 0 Å². The number of carbonyl (C=O) groups excluding carboxylic acids is 1. The van der Waals surface area contributed by atoms with Gasteiger partial charge in [0.2, 0.25) is 0 Å². The van der Waals surface area contributed by atoms with Crippen molar-refractivity contribution in [2.24, 2.45) is 0 Å². The second kappa shape index (κ2) is 5.88. The maximum Gasteiger partial charge on any atom is 0.527 e. The molecule has 0 aliphatic carbocycles. The number of ether oxygens (including phenoxy) is 2. The van der Waals surface area contributed by atoms with E-state index in [1.807, 2.05) is 4.74 Å². The highest BCUT2D eigenvalue weighted by Crippen LogP contribution is 2.50. The van der Waals surface area contributed by atoms with Crippen LogP contribution in [0.2, 0.25) is 0 Å². The van der Waals surface area contributed by atoms with Gasteiger partial charge in [-0.05, 0) is 0 Å². The minimum absolute atomic E-state index is 1.41. The first kappa shape index (κ1) is 21.6. The highest BCUT2D eigenvalue weighted by Gasteiger charge is 2.77. The molecule has 0 aromatic heterocycles. The Hall–Kier alpha value is -1.45. The molecule has 0 amide bonds. The van der Waals surface area contributed by atoms with Gasteiger partial charge >= 0.3 is 30.4 Å². The first-order valence-corrected chi connectivity index (χ1v) is 4.59. The Morgan fingerprint density at radius 2 is 1.22 bits per heavy atom. The van der Waals surface area contributed by atoms with Gasteiger partial charge in [-0.3, -0.25) is 4.74 Å². The van der Waals surface area contributed by atoms with Crippen LogP contribution in [0.3, 0.4) is 0 Å². The van der Waals surface area contributed by atoms with Gasteiger partial charge in [-0.2, -0.15) is 35.1 Å². The average Bonchev–Trinajstić information content (AvgIpc) is 2.23. The standard InChI is InChI=1S/C7H2F12O4/c8-1(3(9,10)2(20)21)22-5(13,14)4(11,12)6(15,16)23-7(17,18)19/h1H,(H,20,21)/p-1. The Bertz CT molecular complexity index is 443. The monoisotopic (exact) mass is 377 g/mol. The van der Waals surface area contributed by atoms with E-state index >= 15 is 0 Å². The SMILES string of the molecule is O=C([O-])C(F)(F)C(F)OC(F)(F)C(F)(F)C(F)(F)OC(F)(F)F. The summed E-state index contributed by atoms with van der Waals surface area (Å²) in [6.45, 7) is 0. The number of halogens is 12. The summed E-state index contributed by atoms with van der Waals surface area (Å²) in [6.07, 6.45) is -25.9. The molecule has 0 N–H and O–H groups in total. The third-order valence-corrected chi connectivity index (χ3v) is 1.78. The summed E-state index contributed by atoms with van der Waals surface area (Å²) in [4.78, 5) is 9.65. The van der Waals surface area contributed by atoms with Crippen molar-refractivity contribution >= 4 is 5.97 Å². The van der Waals surface area contributed by atoms with Crippen molar-refractivity contribution in [3.63, 3.8) is 0 Å². The molecule has 0 aliphatic heterocycles. The quantitative estimate of drug-likeness (QED) is 0.638. The molecule has 4 nitrogen and oxygen atoms in total. The van der Waals surface area contributed by atoms with Crippen LogP contribution in [-0.4, -0.2) is 42.8 Å². The summed E-state index contributed by atoms with van der Waals surface area (Å²) in [5.74, 6) is -17.1. The predicted octanol–water partition coefficient (Wildman–Crippen LogP) is 2.04. The second-order valence-corrected chi connectivity index (χ2v) is 3.50. The minimum atomic E-state index is -7.33. The first-order chi connectivity index (χ1) is 9.78. The molecule has 0 heterocycles. The fraction of sp³-hybridized carbons (Fsp3) is 0.857. The third kappa shape index (κ3) is 4.52. The summed E-state index contributed by atoms with van der Waals surface area (Å²) >= 11 is 0. The smallest absolute Gasteiger partial charge is 0.527 e. The molecule has 0 aliphatic rings. The van der Waals surface area contributed by atoms with Crippen LogP contribution in [0.1, 0.15) is 0 Å². The number of aliphatic carboxylic acids is 1. The molecule has 0 aromatic rings. The number of alkyl halides is 12. The number of hydrogen-bond donors (Lipinski definition) is 0. The van der Waals surface area contributed by atoms with E-state index in [2.05, 4.69) is 0 Å². The van der Waals surface area contributed by atoms with Crippen LogP contribution in [0.5, 0.6) is 0 Å². The maximum absolute atomic E-state index is 12.6. The molecule has 23 heavy (non-hydrogen) atoms. The van der Waals surface area contributed by atoms with E-state index in [4.69, 9.17) is 0 Å². The molecule has 0 radical (unpaired) electrons. The van der Waals surface area contributed by atoms with Crippen LogP contribution < -0.4 is 5.11 Å². The summed E-state index contributed by atoms with van der Waals surface area (Å²) in [6, 6.07) is 0. The Kier molecular flexibility index (Phi) is 5.51. The number of carboxylic acids is 1. The lowest BCUT2D eigenvalue weighted by molar-refractivity contribution is -0.515. The van der Waals surface area contributed by atoms with Crippen LogP contribution in [0.4, 0.5) is 52.7 Å². The van der Waals surface area contributed by atoms with E-state index in [1.54, 1.807) is 0 Å².